The van der Waals surface area contributed by atoms with Gasteiger partial charge >= 0.3 is 5.97 Å². The van der Waals surface area contributed by atoms with E-state index in [2.05, 4.69) is 5.32 Å². The van der Waals surface area contributed by atoms with Crippen molar-refractivity contribution < 1.29 is 19.1 Å². The van der Waals surface area contributed by atoms with Crippen LogP contribution in [0.25, 0.3) is 0 Å². The number of rotatable bonds is 7. The van der Waals surface area contributed by atoms with Gasteiger partial charge in [-0.15, -0.1) is 0 Å². The molecule has 0 aliphatic heterocycles. The zero-order valence-corrected chi connectivity index (χ0v) is 14.9. The lowest BCUT2D eigenvalue weighted by Gasteiger charge is -2.19. The molecule has 2 aromatic rings. The minimum absolute atomic E-state index is 0.00622. The van der Waals surface area contributed by atoms with Crippen molar-refractivity contribution in [3.05, 3.63) is 70.2 Å². The maximum atomic E-state index is 12.5. The Morgan fingerprint density at radius 3 is 2.36 bits per heavy atom. The molecule has 25 heavy (non-hydrogen) atoms. The van der Waals surface area contributed by atoms with E-state index in [-0.39, 0.29) is 12.3 Å². The molecule has 0 aliphatic carbocycles. The minimum Gasteiger partial charge on any atom is -0.469 e. The molecule has 132 valence electrons. The lowest BCUT2D eigenvalue weighted by Crippen LogP contribution is -2.30. The van der Waals surface area contributed by atoms with E-state index in [0.717, 1.165) is 5.56 Å². The first-order valence-electron chi connectivity index (χ1n) is 7.75. The average molecular weight is 362 g/mol. The Balaban J connectivity index is 2.19. The van der Waals surface area contributed by atoms with Gasteiger partial charge in [0.05, 0.1) is 26.2 Å². The molecule has 0 saturated heterocycles. The topological polar surface area (TPSA) is 64.6 Å². The predicted octanol–water partition coefficient (Wildman–Crippen LogP) is 3.52. The van der Waals surface area contributed by atoms with Gasteiger partial charge in [0.25, 0.3) is 5.91 Å². The summed E-state index contributed by atoms with van der Waals surface area (Å²) in [6.07, 6.45) is -0.00622. The quantitative estimate of drug-likeness (QED) is 0.766. The van der Waals surface area contributed by atoms with Gasteiger partial charge in [-0.1, -0.05) is 41.9 Å². The molecule has 0 radical (unpaired) electrons. The van der Waals surface area contributed by atoms with Crippen LogP contribution < -0.4 is 5.32 Å². The number of hydrogen-bond donors (Lipinski definition) is 1. The molecule has 1 atom stereocenters. The van der Waals surface area contributed by atoms with Gasteiger partial charge in [0, 0.05) is 17.7 Å². The van der Waals surface area contributed by atoms with E-state index in [0.29, 0.717) is 22.8 Å². The Kier molecular flexibility index (Phi) is 6.98. The van der Waals surface area contributed by atoms with Crippen molar-refractivity contribution in [3.8, 4) is 0 Å². The smallest absolute Gasteiger partial charge is 0.307 e. The fourth-order valence-electron chi connectivity index (χ4n) is 2.41. The Morgan fingerprint density at radius 1 is 1.08 bits per heavy atom. The van der Waals surface area contributed by atoms with Gasteiger partial charge in [-0.3, -0.25) is 9.59 Å². The van der Waals surface area contributed by atoms with E-state index in [1.807, 2.05) is 12.1 Å². The van der Waals surface area contributed by atoms with Crippen molar-refractivity contribution >= 4 is 23.5 Å². The summed E-state index contributed by atoms with van der Waals surface area (Å²) in [7, 11) is 2.92. The van der Waals surface area contributed by atoms with Crippen LogP contribution in [0.4, 0.5) is 0 Å². The van der Waals surface area contributed by atoms with Gasteiger partial charge in [-0.2, -0.15) is 0 Å². The molecule has 5 nitrogen and oxygen atoms in total. The second kappa shape index (κ2) is 9.20. The highest BCUT2D eigenvalue weighted by Gasteiger charge is 2.21. The van der Waals surface area contributed by atoms with E-state index in [9.17, 15) is 9.59 Å². The van der Waals surface area contributed by atoms with Crippen molar-refractivity contribution in [2.45, 2.75) is 19.1 Å². The van der Waals surface area contributed by atoms with E-state index >= 15 is 0 Å². The Bertz CT molecular complexity index is 730. The summed E-state index contributed by atoms with van der Waals surface area (Å²) in [5.41, 5.74) is 2.12. The van der Waals surface area contributed by atoms with E-state index in [4.69, 9.17) is 21.1 Å². The Hall–Kier alpha value is -2.37. The number of esters is 1. The Morgan fingerprint density at radius 2 is 1.76 bits per heavy atom. The number of amides is 1. The molecule has 1 amide bonds. The molecule has 2 rings (SSSR count). The summed E-state index contributed by atoms with van der Waals surface area (Å²) in [6.45, 7) is 0.479. The van der Waals surface area contributed by atoms with Gasteiger partial charge in [0.1, 0.15) is 0 Å². The normalized spacial score (nSPS) is 11.6. The molecular weight excluding hydrogens is 342 g/mol. The van der Waals surface area contributed by atoms with Crippen LogP contribution in [0, 0.1) is 0 Å². The fourth-order valence-corrected chi connectivity index (χ4v) is 2.67. The number of halogens is 1. The first-order valence-corrected chi connectivity index (χ1v) is 8.13. The zero-order valence-electron chi connectivity index (χ0n) is 14.1. The average Bonchev–Trinajstić information content (AvgIpc) is 2.62. The first-order chi connectivity index (χ1) is 12.0. The monoisotopic (exact) mass is 361 g/mol. The SMILES string of the molecule is COCc1ccc(C(=O)N[C@H](CC(=O)OC)c2ccccc2Cl)cc1. The lowest BCUT2D eigenvalue weighted by molar-refractivity contribution is -0.141. The molecule has 0 saturated carbocycles. The molecule has 1 N–H and O–H groups in total. The van der Waals surface area contributed by atoms with Crippen LogP contribution in [0.2, 0.25) is 5.02 Å². The standard InChI is InChI=1S/C19H20ClNO4/c1-24-12-13-7-9-14(10-8-13)19(23)21-17(11-18(22)25-2)15-5-3-4-6-16(15)20/h3-10,17H,11-12H2,1-2H3,(H,21,23)/t17-/m1/s1. The maximum absolute atomic E-state index is 12.5. The molecule has 0 aromatic heterocycles. The van der Waals surface area contributed by atoms with Crippen LogP contribution in [0.3, 0.4) is 0 Å². The highest BCUT2D eigenvalue weighted by Crippen LogP contribution is 2.26. The lowest BCUT2D eigenvalue weighted by atomic mass is 10.0. The van der Waals surface area contributed by atoms with Crippen molar-refractivity contribution in [3.63, 3.8) is 0 Å². The van der Waals surface area contributed by atoms with Crippen LogP contribution in [0.15, 0.2) is 48.5 Å². The number of nitrogens with one attached hydrogen (secondary N) is 1. The second-order valence-corrected chi connectivity index (χ2v) is 5.86. The van der Waals surface area contributed by atoms with Gasteiger partial charge in [0.15, 0.2) is 0 Å². The molecule has 0 spiro atoms. The van der Waals surface area contributed by atoms with Crippen LogP contribution >= 0.6 is 11.6 Å². The fraction of sp³-hybridized carbons (Fsp3) is 0.263. The molecule has 2 aromatic carbocycles. The van der Waals surface area contributed by atoms with Crippen LogP contribution in [0.1, 0.15) is 33.9 Å². The number of benzene rings is 2. The Labute approximate surface area is 151 Å². The number of carbonyl (C=O) groups excluding carboxylic acids is 2. The number of ether oxygens (including phenoxy) is 2. The zero-order chi connectivity index (χ0) is 18.2. The molecule has 0 heterocycles. The van der Waals surface area contributed by atoms with Crippen molar-refractivity contribution in [2.75, 3.05) is 14.2 Å². The number of methoxy groups -OCH3 is 2. The maximum Gasteiger partial charge on any atom is 0.307 e. The van der Waals surface area contributed by atoms with Gasteiger partial charge in [0.2, 0.25) is 0 Å². The molecule has 0 fully saturated rings. The molecular formula is C19H20ClNO4. The van der Waals surface area contributed by atoms with E-state index in [1.165, 1.54) is 7.11 Å². The summed E-state index contributed by atoms with van der Waals surface area (Å²) in [5.74, 6) is -0.724. The van der Waals surface area contributed by atoms with E-state index < -0.39 is 12.0 Å². The molecule has 0 bridgehead atoms. The van der Waals surface area contributed by atoms with Crippen LogP contribution in [-0.4, -0.2) is 26.1 Å². The predicted molar refractivity (Wildman–Crippen MR) is 95.4 cm³/mol. The number of carbonyl (C=O) groups is 2. The van der Waals surface area contributed by atoms with Crippen molar-refractivity contribution in [1.29, 1.82) is 0 Å². The third-order valence-corrected chi connectivity index (χ3v) is 4.06. The van der Waals surface area contributed by atoms with Gasteiger partial charge in [-0.05, 0) is 29.3 Å². The summed E-state index contributed by atoms with van der Waals surface area (Å²) in [5, 5.41) is 3.33. The third kappa shape index (κ3) is 5.31. The largest absolute Gasteiger partial charge is 0.469 e. The summed E-state index contributed by atoms with van der Waals surface area (Å²) in [4.78, 5) is 24.3. The molecule has 0 unspecified atom stereocenters. The highest BCUT2D eigenvalue weighted by molar-refractivity contribution is 6.31. The molecule has 6 heteroatoms. The van der Waals surface area contributed by atoms with Crippen molar-refractivity contribution in [1.82, 2.24) is 5.32 Å². The first kappa shape index (κ1) is 19.0. The van der Waals surface area contributed by atoms with Gasteiger partial charge in [-0.25, -0.2) is 0 Å². The molecule has 0 aliphatic rings. The highest BCUT2D eigenvalue weighted by atomic mass is 35.5. The van der Waals surface area contributed by atoms with Crippen molar-refractivity contribution in [2.24, 2.45) is 0 Å². The second-order valence-electron chi connectivity index (χ2n) is 5.46. The minimum atomic E-state index is -0.577. The summed E-state index contributed by atoms with van der Waals surface area (Å²) < 4.78 is 9.78. The number of hydrogen-bond acceptors (Lipinski definition) is 4. The van der Waals surface area contributed by atoms with Gasteiger partial charge < -0.3 is 14.8 Å². The summed E-state index contributed by atoms with van der Waals surface area (Å²) in [6, 6.07) is 13.6. The van der Waals surface area contributed by atoms with Crippen LogP contribution in [0.5, 0.6) is 0 Å². The van der Waals surface area contributed by atoms with Crippen LogP contribution in [-0.2, 0) is 20.9 Å². The van der Waals surface area contributed by atoms with E-state index in [1.54, 1.807) is 43.5 Å². The summed E-state index contributed by atoms with van der Waals surface area (Å²) >= 11 is 6.21. The third-order valence-electron chi connectivity index (χ3n) is 3.71.